The SMILES string of the molecule is CCCCNC(=O)[C@H](CO)NC(=O)c1cc(C#Cc2ccccc2)cc(C(=O)N[C@@H](CO)C(=O)NCCCC)c1. The van der Waals surface area contributed by atoms with Crippen molar-refractivity contribution in [2.45, 2.75) is 51.6 Å². The minimum Gasteiger partial charge on any atom is -0.394 e. The summed E-state index contributed by atoms with van der Waals surface area (Å²) in [6.45, 7) is 3.54. The lowest BCUT2D eigenvalue weighted by Crippen LogP contribution is -2.49. The molecule has 6 N–H and O–H groups in total. The van der Waals surface area contributed by atoms with E-state index in [0.717, 1.165) is 31.2 Å². The number of aliphatic hydroxyl groups excluding tert-OH is 2. The number of hydrogen-bond acceptors (Lipinski definition) is 6. The van der Waals surface area contributed by atoms with Crippen molar-refractivity contribution in [1.82, 2.24) is 21.3 Å². The van der Waals surface area contributed by atoms with Crippen LogP contribution in [0.15, 0.2) is 48.5 Å². The van der Waals surface area contributed by atoms with Gasteiger partial charge in [-0.15, -0.1) is 0 Å². The van der Waals surface area contributed by atoms with Crippen molar-refractivity contribution in [3.63, 3.8) is 0 Å². The molecule has 0 aliphatic rings. The molecule has 0 fully saturated rings. The number of carbonyl (C=O) groups is 4. The first-order valence-corrected chi connectivity index (χ1v) is 13.4. The van der Waals surface area contributed by atoms with Crippen molar-refractivity contribution in [2.75, 3.05) is 26.3 Å². The Labute approximate surface area is 234 Å². The van der Waals surface area contributed by atoms with Crippen molar-refractivity contribution >= 4 is 23.6 Å². The highest BCUT2D eigenvalue weighted by molar-refractivity contribution is 6.02. The lowest BCUT2D eigenvalue weighted by molar-refractivity contribution is -0.124. The lowest BCUT2D eigenvalue weighted by Gasteiger charge is -2.18. The van der Waals surface area contributed by atoms with Crippen molar-refractivity contribution in [3.05, 3.63) is 70.8 Å². The van der Waals surface area contributed by atoms with Crippen LogP contribution >= 0.6 is 0 Å². The smallest absolute Gasteiger partial charge is 0.252 e. The Morgan fingerprint density at radius 2 is 1.15 bits per heavy atom. The highest BCUT2D eigenvalue weighted by Crippen LogP contribution is 2.12. The standard InChI is InChI=1S/C30H38N4O6/c1-3-5-14-31-29(39)25(19-35)33-27(37)23-16-22(13-12-21-10-8-7-9-11-21)17-24(18-23)28(38)34-26(20-36)30(40)32-15-6-4-2/h7-11,16-18,25-26,35-36H,3-6,14-15,19-20H2,1-2H3,(H,31,39)(H,32,40)(H,33,37)(H,34,38)/t25-,26-/m0/s1. The van der Waals surface area contributed by atoms with Crippen LogP contribution < -0.4 is 21.3 Å². The molecule has 0 aliphatic carbocycles. The zero-order chi connectivity index (χ0) is 29.3. The largest absolute Gasteiger partial charge is 0.394 e. The van der Waals surface area contributed by atoms with Crippen LogP contribution in [0.1, 0.15) is 71.4 Å². The molecule has 2 atom stereocenters. The van der Waals surface area contributed by atoms with Gasteiger partial charge in [-0.3, -0.25) is 19.2 Å². The number of nitrogens with one attached hydrogen (secondary N) is 4. The Morgan fingerprint density at radius 1 is 0.700 bits per heavy atom. The van der Waals surface area contributed by atoms with Crippen molar-refractivity contribution in [1.29, 1.82) is 0 Å². The van der Waals surface area contributed by atoms with Crippen LogP contribution in [0.3, 0.4) is 0 Å². The first-order chi connectivity index (χ1) is 19.3. The van der Waals surface area contributed by atoms with Gasteiger partial charge in [0.1, 0.15) is 12.1 Å². The van der Waals surface area contributed by atoms with Crippen molar-refractivity contribution in [2.24, 2.45) is 0 Å². The second kappa shape index (κ2) is 17.4. The third kappa shape index (κ3) is 10.5. The maximum atomic E-state index is 13.1. The van der Waals surface area contributed by atoms with Crippen LogP contribution in [0.2, 0.25) is 0 Å². The van der Waals surface area contributed by atoms with Gasteiger partial charge >= 0.3 is 0 Å². The molecule has 10 nitrogen and oxygen atoms in total. The summed E-state index contributed by atoms with van der Waals surface area (Å²) in [5.41, 5.74) is 1.11. The molecule has 2 aromatic rings. The summed E-state index contributed by atoms with van der Waals surface area (Å²) in [5, 5.41) is 29.7. The Kier molecular flexibility index (Phi) is 13.9. The van der Waals surface area contributed by atoms with Gasteiger partial charge in [-0.05, 0) is 43.2 Å². The number of rotatable bonds is 14. The zero-order valence-corrected chi connectivity index (χ0v) is 23.0. The Bertz CT molecular complexity index is 1140. The van der Waals surface area contributed by atoms with E-state index < -0.39 is 48.9 Å². The molecule has 0 heterocycles. The maximum absolute atomic E-state index is 13.1. The van der Waals surface area contributed by atoms with Gasteiger partial charge in [0.15, 0.2) is 0 Å². The van der Waals surface area contributed by atoms with E-state index in [1.807, 2.05) is 44.2 Å². The second-order valence-electron chi connectivity index (χ2n) is 9.12. The van der Waals surface area contributed by atoms with Gasteiger partial charge in [0.05, 0.1) is 13.2 Å². The zero-order valence-electron chi connectivity index (χ0n) is 23.0. The molecule has 0 unspecified atom stereocenters. The Morgan fingerprint density at radius 3 is 1.57 bits per heavy atom. The van der Waals surface area contributed by atoms with E-state index in [4.69, 9.17) is 0 Å². The number of hydrogen-bond donors (Lipinski definition) is 6. The summed E-state index contributed by atoms with van der Waals surface area (Å²) in [4.78, 5) is 51.0. The van der Waals surface area contributed by atoms with Crippen LogP contribution in [0, 0.1) is 11.8 Å². The molecule has 0 aromatic heterocycles. The molecule has 2 aromatic carbocycles. The van der Waals surface area contributed by atoms with Gasteiger partial charge in [0.2, 0.25) is 11.8 Å². The second-order valence-corrected chi connectivity index (χ2v) is 9.12. The molecular weight excluding hydrogens is 512 g/mol. The molecule has 0 saturated carbocycles. The molecule has 0 saturated heterocycles. The molecule has 0 bridgehead atoms. The molecule has 0 radical (unpaired) electrons. The van der Waals surface area contributed by atoms with E-state index in [2.05, 4.69) is 33.1 Å². The third-order valence-electron chi connectivity index (χ3n) is 5.85. The van der Waals surface area contributed by atoms with Gasteiger partial charge < -0.3 is 31.5 Å². The van der Waals surface area contributed by atoms with Crippen molar-refractivity contribution < 1.29 is 29.4 Å². The summed E-state index contributed by atoms with van der Waals surface area (Å²) < 4.78 is 0. The van der Waals surface area contributed by atoms with Crippen LogP contribution in [0.4, 0.5) is 0 Å². The average molecular weight is 551 g/mol. The molecular formula is C30H38N4O6. The minimum absolute atomic E-state index is 0.0257. The summed E-state index contributed by atoms with van der Waals surface area (Å²) >= 11 is 0. The summed E-state index contributed by atoms with van der Waals surface area (Å²) in [6.07, 6.45) is 3.25. The van der Waals surface area contributed by atoms with Crippen LogP contribution in [0.25, 0.3) is 0 Å². The Balaban J connectivity index is 2.33. The fourth-order valence-corrected chi connectivity index (χ4v) is 3.52. The Hall–Kier alpha value is -4.20. The van der Waals surface area contributed by atoms with E-state index in [1.165, 1.54) is 18.2 Å². The van der Waals surface area contributed by atoms with Crippen LogP contribution in [-0.2, 0) is 9.59 Å². The van der Waals surface area contributed by atoms with Gasteiger partial charge in [-0.2, -0.15) is 0 Å². The quantitative estimate of drug-likeness (QED) is 0.153. The summed E-state index contributed by atoms with van der Waals surface area (Å²) in [7, 11) is 0. The fraction of sp³-hybridized carbons (Fsp3) is 0.400. The molecule has 4 amide bonds. The summed E-state index contributed by atoms with van der Waals surface area (Å²) in [6, 6.07) is 11.0. The van der Waals surface area contributed by atoms with Crippen LogP contribution in [0.5, 0.6) is 0 Å². The number of unbranched alkanes of at least 4 members (excludes halogenated alkanes) is 2. The molecule has 0 spiro atoms. The predicted octanol–water partition coefficient (Wildman–Crippen LogP) is 1.10. The van der Waals surface area contributed by atoms with Crippen LogP contribution in [-0.4, -0.2) is 72.2 Å². The number of amides is 4. The monoisotopic (exact) mass is 550 g/mol. The van der Waals surface area contributed by atoms with E-state index in [-0.39, 0.29) is 11.1 Å². The maximum Gasteiger partial charge on any atom is 0.252 e. The van der Waals surface area contributed by atoms with E-state index in [9.17, 15) is 29.4 Å². The van der Waals surface area contributed by atoms with Gasteiger partial charge in [0.25, 0.3) is 11.8 Å². The van der Waals surface area contributed by atoms with Gasteiger partial charge in [0, 0.05) is 35.3 Å². The molecule has 2 rings (SSSR count). The van der Waals surface area contributed by atoms with E-state index >= 15 is 0 Å². The molecule has 40 heavy (non-hydrogen) atoms. The molecule has 10 heteroatoms. The number of carbonyl (C=O) groups excluding carboxylic acids is 4. The first-order valence-electron chi connectivity index (χ1n) is 13.4. The van der Waals surface area contributed by atoms with Crippen molar-refractivity contribution in [3.8, 4) is 11.8 Å². The van der Waals surface area contributed by atoms with E-state index in [0.29, 0.717) is 18.7 Å². The predicted molar refractivity (Wildman–Crippen MR) is 151 cm³/mol. The molecule has 214 valence electrons. The highest BCUT2D eigenvalue weighted by Gasteiger charge is 2.23. The van der Waals surface area contributed by atoms with Gasteiger partial charge in [-0.1, -0.05) is 56.7 Å². The average Bonchev–Trinajstić information content (AvgIpc) is 2.97. The minimum atomic E-state index is -1.19. The number of aliphatic hydroxyl groups is 2. The normalized spacial score (nSPS) is 11.8. The summed E-state index contributed by atoms with van der Waals surface area (Å²) in [5.74, 6) is 3.46. The third-order valence-corrected chi connectivity index (χ3v) is 5.85. The number of benzene rings is 2. The van der Waals surface area contributed by atoms with Gasteiger partial charge in [-0.25, -0.2) is 0 Å². The first kappa shape index (κ1) is 32.0. The lowest BCUT2D eigenvalue weighted by atomic mass is 10.0. The van der Waals surface area contributed by atoms with E-state index in [1.54, 1.807) is 0 Å². The fourth-order valence-electron chi connectivity index (χ4n) is 3.52. The highest BCUT2D eigenvalue weighted by atomic mass is 16.3. The topological polar surface area (TPSA) is 157 Å². The molecule has 0 aliphatic heterocycles.